The van der Waals surface area contributed by atoms with Crippen LogP contribution in [0.3, 0.4) is 0 Å². The van der Waals surface area contributed by atoms with Gasteiger partial charge in [0.2, 0.25) is 0 Å². The van der Waals surface area contributed by atoms with Crippen molar-refractivity contribution < 1.29 is 32.9 Å². The number of benzene rings is 3. The number of ether oxygens (including phenoxy) is 5. The number of fused-ring (bicyclic) bond motifs is 1. The number of carbonyl (C=O) groups excluding carboxylic acids is 1. The third-order valence-corrected chi connectivity index (χ3v) is 6.85. The van der Waals surface area contributed by atoms with Crippen LogP contribution in [0.4, 0.5) is 14.9 Å². The Morgan fingerprint density at radius 3 is 2.68 bits per heavy atom. The zero-order valence-corrected chi connectivity index (χ0v) is 24.5. The topological polar surface area (TPSA) is 116 Å². The number of nitrogens with zero attached hydrogens (tertiary/aromatic N) is 3. The summed E-state index contributed by atoms with van der Waals surface area (Å²) < 4.78 is 43.1. The Morgan fingerprint density at radius 2 is 1.89 bits per heavy atom. The first kappa shape index (κ1) is 30.5. The van der Waals surface area contributed by atoms with Crippen molar-refractivity contribution >= 4 is 28.8 Å². The number of anilines is 1. The molecule has 2 amide bonds. The third kappa shape index (κ3) is 8.12. The van der Waals surface area contributed by atoms with Crippen LogP contribution in [0.15, 0.2) is 72.0 Å². The van der Waals surface area contributed by atoms with Crippen LogP contribution in [0, 0.1) is 5.82 Å². The molecular weight excluding hydrogens is 569 g/mol. The van der Waals surface area contributed by atoms with Crippen molar-refractivity contribution in [1.82, 2.24) is 15.3 Å². The van der Waals surface area contributed by atoms with Gasteiger partial charge in [-0.25, -0.2) is 14.6 Å². The highest BCUT2D eigenvalue weighted by atomic mass is 19.1. The Bertz CT molecular complexity index is 1610. The molecular formula is C32H34FN5O6. The second-order valence-electron chi connectivity index (χ2n) is 9.83. The number of amides is 2. The van der Waals surface area contributed by atoms with Gasteiger partial charge in [0.1, 0.15) is 11.5 Å². The van der Waals surface area contributed by atoms with E-state index in [1.165, 1.54) is 18.3 Å². The predicted octanol–water partition coefficient (Wildman–Crippen LogP) is 5.44. The lowest BCUT2D eigenvalue weighted by Gasteiger charge is -2.26. The van der Waals surface area contributed by atoms with Gasteiger partial charge in [0.05, 0.1) is 45.8 Å². The number of carbonyl (C=O) groups is 1. The van der Waals surface area contributed by atoms with Crippen molar-refractivity contribution in [3.63, 3.8) is 0 Å². The molecule has 2 heterocycles. The second-order valence-corrected chi connectivity index (χ2v) is 9.83. The molecule has 0 spiro atoms. The van der Waals surface area contributed by atoms with Crippen molar-refractivity contribution in [2.45, 2.75) is 6.42 Å². The smallest absolute Gasteiger partial charge is 0.339 e. The fourth-order valence-corrected chi connectivity index (χ4v) is 4.61. The maximum atomic E-state index is 15.0. The molecule has 4 aromatic rings. The van der Waals surface area contributed by atoms with E-state index < -0.39 is 11.8 Å². The van der Waals surface area contributed by atoms with Crippen LogP contribution in [-0.2, 0) is 4.74 Å². The van der Waals surface area contributed by atoms with E-state index in [-0.39, 0.29) is 11.4 Å². The molecule has 1 aliphatic rings. The SMILES string of the molecule is COc1cccc(/C=N/NC(=O)Nc2ccc(Oc3ccnc4cc(OCCCN5CCOCC5)c(OC)cc34)c(F)c2)c1. The largest absolute Gasteiger partial charge is 0.497 e. The Balaban J connectivity index is 1.20. The van der Waals surface area contributed by atoms with Gasteiger partial charge < -0.3 is 29.0 Å². The predicted molar refractivity (Wildman–Crippen MR) is 165 cm³/mol. The van der Waals surface area contributed by atoms with Crippen LogP contribution >= 0.6 is 0 Å². The lowest BCUT2D eigenvalue weighted by atomic mass is 10.1. The van der Waals surface area contributed by atoms with E-state index in [2.05, 4.69) is 25.7 Å². The number of rotatable bonds is 12. The van der Waals surface area contributed by atoms with Crippen LogP contribution < -0.4 is 29.7 Å². The van der Waals surface area contributed by atoms with E-state index in [1.807, 2.05) is 6.07 Å². The molecule has 1 saturated heterocycles. The van der Waals surface area contributed by atoms with E-state index in [1.54, 1.807) is 56.8 Å². The van der Waals surface area contributed by atoms with E-state index in [0.29, 0.717) is 40.5 Å². The average molecular weight is 604 g/mol. The second kappa shape index (κ2) is 15.0. The van der Waals surface area contributed by atoms with Gasteiger partial charge in [0, 0.05) is 49.0 Å². The first-order valence-electron chi connectivity index (χ1n) is 14.1. The summed E-state index contributed by atoms with van der Waals surface area (Å²) in [7, 11) is 3.12. The molecule has 0 aliphatic carbocycles. The first-order valence-corrected chi connectivity index (χ1v) is 14.1. The molecule has 2 N–H and O–H groups in total. The summed E-state index contributed by atoms with van der Waals surface area (Å²) in [4.78, 5) is 19.0. The van der Waals surface area contributed by atoms with Crippen molar-refractivity contribution in [1.29, 1.82) is 0 Å². The van der Waals surface area contributed by atoms with E-state index in [4.69, 9.17) is 23.7 Å². The Hall–Kier alpha value is -4.94. The van der Waals surface area contributed by atoms with Crippen LogP contribution in [-0.4, -0.2) is 75.8 Å². The van der Waals surface area contributed by atoms with Gasteiger partial charge in [-0.2, -0.15) is 5.10 Å². The van der Waals surface area contributed by atoms with Gasteiger partial charge in [-0.1, -0.05) is 12.1 Å². The molecule has 0 atom stereocenters. The molecule has 44 heavy (non-hydrogen) atoms. The Morgan fingerprint density at radius 1 is 1.02 bits per heavy atom. The average Bonchev–Trinajstić information content (AvgIpc) is 3.04. The number of pyridine rings is 1. The van der Waals surface area contributed by atoms with Crippen LogP contribution in [0.1, 0.15) is 12.0 Å². The highest BCUT2D eigenvalue weighted by Crippen LogP contribution is 2.38. The number of aromatic nitrogens is 1. The summed E-state index contributed by atoms with van der Waals surface area (Å²) in [6, 6.07) is 15.9. The monoisotopic (exact) mass is 603 g/mol. The number of hydrogen-bond acceptors (Lipinski definition) is 9. The summed E-state index contributed by atoms with van der Waals surface area (Å²) >= 11 is 0. The van der Waals surface area contributed by atoms with Crippen LogP contribution in [0.5, 0.6) is 28.7 Å². The molecule has 0 saturated carbocycles. The molecule has 1 aliphatic heterocycles. The van der Waals surface area contributed by atoms with Crippen molar-refractivity contribution in [2.75, 3.05) is 59.0 Å². The highest BCUT2D eigenvalue weighted by molar-refractivity contribution is 5.91. The van der Waals surface area contributed by atoms with E-state index >= 15 is 4.39 Å². The minimum atomic E-state index is -0.667. The van der Waals surface area contributed by atoms with Gasteiger partial charge in [-0.15, -0.1) is 0 Å². The van der Waals surface area contributed by atoms with Crippen molar-refractivity contribution in [3.05, 3.63) is 78.2 Å². The minimum absolute atomic E-state index is 0.0260. The summed E-state index contributed by atoms with van der Waals surface area (Å²) in [5.41, 5.74) is 3.91. The molecule has 0 unspecified atom stereocenters. The van der Waals surface area contributed by atoms with Gasteiger partial charge >= 0.3 is 6.03 Å². The molecule has 0 radical (unpaired) electrons. The minimum Gasteiger partial charge on any atom is -0.497 e. The number of morpholine rings is 1. The quantitative estimate of drug-likeness (QED) is 0.125. The van der Waals surface area contributed by atoms with E-state index in [0.717, 1.165) is 50.9 Å². The molecule has 1 aromatic heterocycles. The first-order chi connectivity index (χ1) is 21.5. The summed E-state index contributed by atoms with van der Waals surface area (Å²) in [6.45, 7) is 4.84. The molecule has 11 nitrogen and oxygen atoms in total. The van der Waals surface area contributed by atoms with Crippen molar-refractivity contribution in [2.24, 2.45) is 5.10 Å². The zero-order chi connectivity index (χ0) is 30.7. The van der Waals surface area contributed by atoms with Crippen molar-refractivity contribution in [3.8, 4) is 28.7 Å². The van der Waals surface area contributed by atoms with E-state index in [9.17, 15) is 4.79 Å². The fraction of sp³-hybridized carbons (Fsp3) is 0.281. The number of hydrogen-bond donors (Lipinski definition) is 2. The highest BCUT2D eigenvalue weighted by Gasteiger charge is 2.15. The maximum Gasteiger partial charge on any atom is 0.339 e. The Labute approximate surface area is 254 Å². The Kier molecular flexibility index (Phi) is 10.4. The van der Waals surface area contributed by atoms with Gasteiger partial charge in [-0.05, 0) is 48.4 Å². The number of hydrazone groups is 1. The third-order valence-electron chi connectivity index (χ3n) is 6.85. The fourth-order valence-electron chi connectivity index (χ4n) is 4.61. The molecule has 230 valence electrons. The molecule has 12 heteroatoms. The lowest BCUT2D eigenvalue weighted by molar-refractivity contribution is 0.0357. The summed E-state index contributed by atoms with van der Waals surface area (Å²) in [6.07, 6.45) is 3.91. The van der Waals surface area contributed by atoms with Gasteiger partial charge in [0.25, 0.3) is 0 Å². The number of urea groups is 1. The normalized spacial score (nSPS) is 13.5. The number of methoxy groups -OCH3 is 2. The van der Waals surface area contributed by atoms with Gasteiger partial charge in [-0.3, -0.25) is 9.88 Å². The van der Waals surface area contributed by atoms with Crippen LogP contribution in [0.25, 0.3) is 10.9 Å². The number of halogens is 1. The summed E-state index contributed by atoms with van der Waals surface area (Å²) in [5.74, 6) is 1.44. The zero-order valence-electron chi connectivity index (χ0n) is 24.5. The maximum absolute atomic E-state index is 15.0. The molecule has 0 bridgehead atoms. The van der Waals surface area contributed by atoms with Crippen LogP contribution in [0.2, 0.25) is 0 Å². The molecule has 5 rings (SSSR count). The lowest BCUT2D eigenvalue weighted by Crippen LogP contribution is -2.37. The molecule has 3 aromatic carbocycles. The standard InChI is InChI=1S/C32H34FN5O6/c1-40-24-6-3-5-22(17-24)21-35-37-32(39)36-23-7-8-29(26(33)18-23)44-28-9-10-34-27-20-31(30(41-2)19-25(27)28)43-14-4-11-38-12-15-42-16-13-38/h3,5-10,17-21H,4,11-16H2,1-2H3,(H2,36,37,39)/b35-21+. The number of nitrogens with one attached hydrogen (secondary N) is 2. The summed E-state index contributed by atoms with van der Waals surface area (Å²) in [5, 5.41) is 7.07. The van der Waals surface area contributed by atoms with Gasteiger partial charge in [0.15, 0.2) is 23.1 Å². The molecule has 1 fully saturated rings.